The molecule has 0 aromatic carbocycles. The molecule has 0 aliphatic carbocycles. The Bertz CT molecular complexity index is 195. The lowest BCUT2D eigenvalue weighted by molar-refractivity contribution is -0.148. The Balaban J connectivity index is 2.22. The highest BCUT2D eigenvalue weighted by Crippen LogP contribution is 2.08. The standard InChI is InChI=1S/C10H20N2O2/c1-8(2)14-10(13)7-12-5-4-9(6-12)11-3/h8-9,11H,4-7H2,1-3H3. The van der Waals surface area contributed by atoms with Crippen LogP contribution in [0.25, 0.3) is 0 Å². The van der Waals surface area contributed by atoms with Crippen molar-refractivity contribution < 1.29 is 9.53 Å². The third-order valence-corrected chi connectivity index (χ3v) is 2.40. The Kier molecular flexibility index (Phi) is 4.35. The number of likely N-dealkylation sites (tertiary alicyclic amines) is 1. The summed E-state index contributed by atoms with van der Waals surface area (Å²) in [5.41, 5.74) is 0. The number of rotatable bonds is 4. The molecule has 14 heavy (non-hydrogen) atoms. The number of ether oxygens (including phenoxy) is 1. The van der Waals surface area contributed by atoms with Gasteiger partial charge in [0.1, 0.15) is 0 Å². The lowest BCUT2D eigenvalue weighted by Gasteiger charge is -2.16. The van der Waals surface area contributed by atoms with Crippen LogP contribution in [0.4, 0.5) is 0 Å². The van der Waals surface area contributed by atoms with Gasteiger partial charge in [-0.25, -0.2) is 0 Å². The van der Waals surface area contributed by atoms with E-state index in [1.165, 1.54) is 0 Å². The summed E-state index contributed by atoms with van der Waals surface area (Å²) < 4.78 is 5.08. The Morgan fingerprint density at radius 3 is 2.86 bits per heavy atom. The summed E-state index contributed by atoms with van der Waals surface area (Å²) in [6.07, 6.45) is 1.11. The van der Waals surface area contributed by atoms with E-state index >= 15 is 0 Å². The quantitative estimate of drug-likeness (QED) is 0.660. The second-order valence-electron chi connectivity index (χ2n) is 4.05. The van der Waals surface area contributed by atoms with Crippen molar-refractivity contribution in [3.8, 4) is 0 Å². The highest BCUT2D eigenvalue weighted by Gasteiger charge is 2.23. The lowest BCUT2D eigenvalue weighted by Crippen LogP contribution is -2.33. The van der Waals surface area contributed by atoms with Crippen LogP contribution in [-0.4, -0.2) is 49.7 Å². The van der Waals surface area contributed by atoms with Gasteiger partial charge in [0.25, 0.3) is 0 Å². The summed E-state index contributed by atoms with van der Waals surface area (Å²) in [5, 5.41) is 3.21. The van der Waals surface area contributed by atoms with Gasteiger partial charge in [0, 0.05) is 19.1 Å². The largest absolute Gasteiger partial charge is 0.462 e. The molecule has 0 aromatic rings. The molecule has 0 spiro atoms. The first-order valence-corrected chi connectivity index (χ1v) is 5.21. The predicted molar refractivity (Wildman–Crippen MR) is 55.1 cm³/mol. The summed E-state index contributed by atoms with van der Waals surface area (Å²) in [6.45, 7) is 6.11. The summed E-state index contributed by atoms with van der Waals surface area (Å²) in [6, 6.07) is 0.529. The maximum atomic E-state index is 11.3. The van der Waals surface area contributed by atoms with E-state index in [1.807, 2.05) is 20.9 Å². The fourth-order valence-electron chi connectivity index (χ4n) is 1.69. The molecule has 82 valence electrons. The van der Waals surface area contributed by atoms with Gasteiger partial charge in [-0.2, -0.15) is 0 Å². The van der Waals surface area contributed by atoms with Crippen LogP contribution in [0.3, 0.4) is 0 Å². The van der Waals surface area contributed by atoms with E-state index in [0.29, 0.717) is 12.6 Å². The molecule has 0 amide bonds. The van der Waals surface area contributed by atoms with Crippen molar-refractivity contribution in [3.63, 3.8) is 0 Å². The fraction of sp³-hybridized carbons (Fsp3) is 0.900. The fourth-order valence-corrected chi connectivity index (χ4v) is 1.69. The summed E-state index contributed by atoms with van der Waals surface area (Å²) in [7, 11) is 1.96. The van der Waals surface area contributed by atoms with Gasteiger partial charge in [0.05, 0.1) is 12.6 Å². The van der Waals surface area contributed by atoms with Crippen molar-refractivity contribution in [3.05, 3.63) is 0 Å². The Labute approximate surface area is 85.6 Å². The van der Waals surface area contributed by atoms with Crippen molar-refractivity contribution >= 4 is 5.97 Å². The minimum Gasteiger partial charge on any atom is -0.462 e. The molecular formula is C10H20N2O2. The van der Waals surface area contributed by atoms with Gasteiger partial charge >= 0.3 is 5.97 Å². The van der Waals surface area contributed by atoms with E-state index in [4.69, 9.17) is 4.74 Å². The summed E-state index contributed by atoms with van der Waals surface area (Å²) in [5.74, 6) is -0.114. The second-order valence-corrected chi connectivity index (χ2v) is 4.05. The molecule has 1 heterocycles. The summed E-state index contributed by atoms with van der Waals surface area (Å²) in [4.78, 5) is 13.5. The van der Waals surface area contributed by atoms with E-state index in [1.54, 1.807) is 0 Å². The zero-order valence-corrected chi connectivity index (χ0v) is 9.25. The van der Waals surface area contributed by atoms with Gasteiger partial charge in [-0.15, -0.1) is 0 Å². The predicted octanol–water partition coefficient (Wildman–Crippen LogP) is 0.232. The van der Waals surface area contributed by atoms with Crippen molar-refractivity contribution in [2.24, 2.45) is 0 Å². The molecule has 1 rings (SSSR count). The van der Waals surface area contributed by atoms with Crippen LogP contribution >= 0.6 is 0 Å². The zero-order chi connectivity index (χ0) is 10.6. The molecule has 1 unspecified atom stereocenters. The van der Waals surface area contributed by atoms with Crippen LogP contribution in [0, 0.1) is 0 Å². The average molecular weight is 200 g/mol. The number of carbonyl (C=O) groups is 1. The highest BCUT2D eigenvalue weighted by molar-refractivity contribution is 5.71. The van der Waals surface area contributed by atoms with E-state index in [0.717, 1.165) is 19.5 Å². The van der Waals surface area contributed by atoms with Crippen LogP contribution < -0.4 is 5.32 Å². The smallest absolute Gasteiger partial charge is 0.320 e. The van der Waals surface area contributed by atoms with Crippen LogP contribution in [0.1, 0.15) is 20.3 Å². The number of likely N-dealkylation sites (N-methyl/N-ethyl adjacent to an activating group) is 1. The van der Waals surface area contributed by atoms with E-state index in [2.05, 4.69) is 10.2 Å². The number of hydrogen-bond acceptors (Lipinski definition) is 4. The normalized spacial score (nSPS) is 23.0. The van der Waals surface area contributed by atoms with Crippen LogP contribution in [-0.2, 0) is 9.53 Å². The maximum absolute atomic E-state index is 11.3. The zero-order valence-electron chi connectivity index (χ0n) is 9.25. The van der Waals surface area contributed by atoms with E-state index < -0.39 is 0 Å². The molecule has 0 saturated carbocycles. The molecule has 0 bridgehead atoms. The first-order chi connectivity index (χ1) is 6.61. The Hall–Kier alpha value is -0.610. The van der Waals surface area contributed by atoms with Crippen LogP contribution in [0.5, 0.6) is 0 Å². The number of nitrogens with zero attached hydrogens (tertiary/aromatic N) is 1. The molecule has 1 aliphatic rings. The molecule has 4 nitrogen and oxygen atoms in total. The maximum Gasteiger partial charge on any atom is 0.320 e. The molecule has 1 saturated heterocycles. The van der Waals surface area contributed by atoms with E-state index in [9.17, 15) is 4.79 Å². The van der Waals surface area contributed by atoms with E-state index in [-0.39, 0.29) is 12.1 Å². The molecular weight excluding hydrogens is 180 g/mol. The molecule has 4 heteroatoms. The average Bonchev–Trinajstić information content (AvgIpc) is 2.50. The monoisotopic (exact) mass is 200 g/mol. The second kappa shape index (κ2) is 5.32. The van der Waals surface area contributed by atoms with Gasteiger partial charge < -0.3 is 10.1 Å². The summed E-state index contributed by atoms with van der Waals surface area (Å²) >= 11 is 0. The van der Waals surface area contributed by atoms with Crippen LogP contribution in [0.2, 0.25) is 0 Å². The highest BCUT2D eigenvalue weighted by atomic mass is 16.5. The number of carbonyl (C=O) groups excluding carboxylic acids is 1. The third-order valence-electron chi connectivity index (χ3n) is 2.40. The van der Waals surface area contributed by atoms with Crippen LogP contribution in [0.15, 0.2) is 0 Å². The number of esters is 1. The minimum absolute atomic E-state index is 0.00907. The van der Waals surface area contributed by atoms with Gasteiger partial charge in [0.15, 0.2) is 0 Å². The molecule has 1 atom stereocenters. The SMILES string of the molecule is CNC1CCN(CC(=O)OC(C)C)C1. The molecule has 1 aliphatic heterocycles. The van der Waals surface area contributed by atoms with Gasteiger partial charge in [-0.1, -0.05) is 0 Å². The Morgan fingerprint density at radius 2 is 2.36 bits per heavy atom. The van der Waals surface area contributed by atoms with Gasteiger partial charge in [-0.05, 0) is 27.3 Å². The first kappa shape index (κ1) is 11.5. The molecule has 0 radical (unpaired) electrons. The van der Waals surface area contributed by atoms with Crippen molar-refractivity contribution in [1.82, 2.24) is 10.2 Å². The van der Waals surface area contributed by atoms with Crippen molar-refractivity contribution in [2.45, 2.75) is 32.4 Å². The topological polar surface area (TPSA) is 41.6 Å². The number of nitrogens with one attached hydrogen (secondary N) is 1. The first-order valence-electron chi connectivity index (χ1n) is 5.21. The number of hydrogen-bond donors (Lipinski definition) is 1. The Morgan fingerprint density at radius 1 is 1.64 bits per heavy atom. The molecule has 0 aromatic heterocycles. The van der Waals surface area contributed by atoms with Gasteiger partial charge in [0.2, 0.25) is 0 Å². The van der Waals surface area contributed by atoms with Gasteiger partial charge in [-0.3, -0.25) is 9.69 Å². The third kappa shape index (κ3) is 3.64. The molecule has 1 fully saturated rings. The lowest BCUT2D eigenvalue weighted by atomic mass is 10.3. The van der Waals surface area contributed by atoms with Crippen molar-refractivity contribution in [1.29, 1.82) is 0 Å². The van der Waals surface area contributed by atoms with Crippen molar-refractivity contribution in [2.75, 3.05) is 26.7 Å². The minimum atomic E-state index is -0.114. The molecule has 1 N–H and O–H groups in total.